The van der Waals surface area contributed by atoms with Gasteiger partial charge in [0, 0.05) is 12.3 Å². The molecule has 4 aliphatic rings. The summed E-state index contributed by atoms with van der Waals surface area (Å²) in [6, 6.07) is 0. The van der Waals surface area contributed by atoms with Crippen LogP contribution in [0.15, 0.2) is 12.2 Å². The maximum absolute atomic E-state index is 13.1. The van der Waals surface area contributed by atoms with E-state index in [0.717, 1.165) is 31.8 Å². The van der Waals surface area contributed by atoms with Gasteiger partial charge in [-0.2, -0.15) is 26.3 Å². The number of halogens is 6. The lowest BCUT2D eigenvalue weighted by molar-refractivity contribution is -0.347. The van der Waals surface area contributed by atoms with Crippen LogP contribution in [0.5, 0.6) is 0 Å². The zero-order valence-corrected chi connectivity index (χ0v) is 19.6. The zero-order chi connectivity index (χ0) is 25.3. The van der Waals surface area contributed by atoms with E-state index in [1.807, 2.05) is 0 Å². The second-order valence-corrected chi connectivity index (χ2v) is 11.8. The van der Waals surface area contributed by atoms with Crippen LogP contribution in [0.4, 0.5) is 26.3 Å². The number of carbonyl (C=O) groups is 1. The molecule has 0 radical (unpaired) electrons. The van der Waals surface area contributed by atoms with Crippen LogP contribution in [0.25, 0.3) is 0 Å². The third-order valence-electron chi connectivity index (χ3n) is 10.3. The summed E-state index contributed by atoms with van der Waals surface area (Å²) in [4.78, 5) is 13.1. The fourth-order valence-electron chi connectivity index (χ4n) is 8.27. The van der Waals surface area contributed by atoms with Crippen molar-refractivity contribution in [3.8, 4) is 0 Å². The van der Waals surface area contributed by atoms with E-state index >= 15 is 0 Å². The van der Waals surface area contributed by atoms with Crippen molar-refractivity contribution in [1.82, 2.24) is 0 Å². The van der Waals surface area contributed by atoms with E-state index in [1.54, 1.807) is 0 Å². The number of hydrogen-bond acceptors (Lipinski definition) is 3. The van der Waals surface area contributed by atoms with Crippen molar-refractivity contribution in [2.24, 2.45) is 40.4 Å². The van der Waals surface area contributed by atoms with Crippen LogP contribution in [0.3, 0.4) is 0 Å². The van der Waals surface area contributed by atoms with E-state index in [1.165, 1.54) is 0 Å². The molecule has 0 amide bonds. The standard InChI is InChI=1S/C25H34F6O3/c1-21-11-8-18-16(13-20(33)19-12-15(32)7-10-22(18,19)2)17(21)6-5-14(21)4-3-9-23(34,24(26,27)28)25(29,30)31/h3,9,14-19,32,34H,4-8,10-13H2,1-2H3/b9-3+. The lowest BCUT2D eigenvalue weighted by Crippen LogP contribution is -2.57. The van der Waals surface area contributed by atoms with E-state index < -0.39 is 24.1 Å². The molecule has 4 saturated carbocycles. The number of hydrogen-bond donors (Lipinski definition) is 2. The highest BCUT2D eigenvalue weighted by Gasteiger charge is 2.69. The number of ketones is 1. The highest BCUT2D eigenvalue weighted by Crippen LogP contribution is 2.67. The van der Waals surface area contributed by atoms with Gasteiger partial charge in [-0.25, -0.2) is 0 Å². The first-order valence-corrected chi connectivity index (χ1v) is 12.3. The number of carbonyl (C=O) groups excluding carboxylic acids is 1. The number of aliphatic hydroxyl groups excluding tert-OH is 1. The third kappa shape index (κ3) is 3.84. The van der Waals surface area contributed by atoms with Crippen LogP contribution in [0.2, 0.25) is 0 Å². The maximum Gasteiger partial charge on any atom is 0.429 e. The van der Waals surface area contributed by atoms with Crippen LogP contribution in [-0.2, 0) is 4.79 Å². The molecule has 8 unspecified atom stereocenters. The SMILES string of the molecule is CC12CCC3C(CC(=O)C4CC(O)CCC43C)C1CCC2C/C=C/C(O)(C(F)(F)F)C(F)(F)F. The highest BCUT2D eigenvalue weighted by atomic mass is 19.4. The number of aliphatic hydroxyl groups is 2. The number of rotatable bonds is 3. The molecule has 34 heavy (non-hydrogen) atoms. The first kappa shape index (κ1) is 26.0. The molecule has 4 fully saturated rings. The third-order valence-corrected chi connectivity index (χ3v) is 10.3. The molecule has 0 heterocycles. The maximum atomic E-state index is 13.1. The molecule has 4 rings (SSSR count). The quantitative estimate of drug-likeness (QED) is 0.373. The Morgan fingerprint density at radius 3 is 2.15 bits per heavy atom. The Morgan fingerprint density at radius 1 is 0.941 bits per heavy atom. The van der Waals surface area contributed by atoms with Crippen molar-refractivity contribution >= 4 is 5.78 Å². The lowest BCUT2D eigenvalue weighted by Gasteiger charge is -2.60. The molecule has 9 heteroatoms. The molecule has 0 aromatic heterocycles. The van der Waals surface area contributed by atoms with Crippen molar-refractivity contribution < 1.29 is 41.4 Å². The molecule has 0 spiro atoms. The molecule has 0 bridgehead atoms. The first-order valence-electron chi connectivity index (χ1n) is 12.3. The van der Waals surface area contributed by atoms with Crippen LogP contribution in [0, 0.1) is 40.4 Å². The van der Waals surface area contributed by atoms with E-state index in [-0.39, 0.29) is 52.8 Å². The molecular weight excluding hydrogens is 462 g/mol. The van der Waals surface area contributed by atoms with E-state index in [0.29, 0.717) is 31.6 Å². The van der Waals surface area contributed by atoms with Crippen LogP contribution < -0.4 is 0 Å². The van der Waals surface area contributed by atoms with Gasteiger partial charge in [0.15, 0.2) is 0 Å². The van der Waals surface area contributed by atoms with Gasteiger partial charge in [0.1, 0.15) is 5.78 Å². The summed E-state index contributed by atoms with van der Waals surface area (Å²) in [6.07, 6.45) is -5.81. The summed E-state index contributed by atoms with van der Waals surface area (Å²) in [6.45, 7) is 4.24. The second kappa shape index (κ2) is 8.22. The normalized spacial score (nSPS) is 43.5. The van der Waals surface area contributed by atoms with E-state index in [4.69, 9.17) is 0 Å². The van der Waals surface area contributed by atoms with E-state index in [9.17, 15) is 41.4 Å². The highest BCUT2D eigenvalue weighted by molar-refractivity contribution is 5.83. The monoisotopic (exact) mass is 496 g/mol. The molecule has 194 valence electrons. The molecule has 0 saturated heterocycles. The zero-order valence-electron chi connectivity index (χ0n) is 19.6. The van der Waals surface area contributed by atoms with Gasteiger partial charge in [-0.1, -0.05) is 19.9 Å². The van der Waals surface area contributed by atoms with Gasteiger partial charge in [0.05, 0.1) is 6.10 Å². The van der Waals surface area contributed by atoms with Gasteiger partial charge in [-0.05, 0) is 91.9 Å². The van der Waals surface area contributed by atoms with Crippen molar-refractivity contribution in [2.75, 3.05) is 0 Å². The Bertz CT molecular complexity index is 821. The minimum atomic E-state index is -5.86. The van der Waals surface area contributed by atoms with Gasteiger partial charge in [0.25, 0.3) is 5.60 Å². The molecule has 4 aliphatic carbocycles. The average Bonchev–Trinajstić information content (AvgIpc) is 3.04. The van der Waals surface area contributed by atoms with Crippen molar-refractivity contribution in [3.05, 3.63) is 12.2 Å². The Kier molecular flexibility index (Phi) is 6.28. The molecule has 0 aliphatic heterocycles. The predicted octanol–water partition coefficient (Wildman–Crippen LogP) is 5.99. The minimum Gasteiger partial charge on any atom is -0.393 e. The Hall–Kier alpha value is -1.09. The Morgan fingerprint density at radius 2 is 1.53 bits per heavy atom. The number of fused-ring (bicyclic) bond motifs is 5. The van der Waals surface area contributed by atoms with E-state index in [2.05, 4.69) is 13.8 Å². The van der Waals surface area contributed by atoms with Gasteiger partial charge in [-0.15, -0.1) is 0 Å². The van der Waals surface area contributed by atoms with Crippen LogP contribution in [-0.4, -0.2) is 40.1 Å². The largest absolute Gasteiger partial charge is 0.429 e. The number of allylic oxidation sites excluding steroid dienone is 1. The smallest absolute Gasteiger partial charge is 0.393 e. The lowest BCUT2D eigenvalue weighted by atomic mass is 9.44. The minimum absolute atomic E-state index is 0.0267. The summed E-state index contributed by atoms with van der Waals surface area (Å²) in [7, 11) is 0. The van der Waals surface area contributed by atoms with Crippen molar-refractivity contribution in [1.29, 1.82) is 0 Å². The van der Waals surface area contributed by atoms with Crippen LogP contribution >= 0.6 is 0 Å². The molecule has 0 aromatic carbocycles. The summed E-state index contributed by atoms with van der Waals surface area (Å²) in [5.74, 6) is 0.658. The Balaban J connectivity index is 1.52. The molecule has 0 aromatic rings. The number of Topliss-reactive ketones (excluding diaryl/α,β-unsaturated/α-hetero) is 1. The fraction of sp³-hybridized carbons (Fsp3) is 0.880. The van der Waals surface area contributed by atoms with Gasteiger partial charge >= 0.3 is 12.4 Å². The topological polar surface area (TPSA) is 57.5 Å². The summed E-state index contributed by atoms with van der Waals surface area (Å²) in [5.41, 5.74) is -5.28. The Labute approximate surface area is 196 Å². The molecule has 2 N–H and O–H groups in total. The van der Waals surface area contributed by atoms with Crippen LogP contribution in [0.1, 0.15) is 71.6 Å². The first-order chi connectivity index (χ1) is 15.5. The average molecular weight is 497 g/mol. The summed E-state index contributed by atoms with van der Waals surface area (Å²) >= 11 is 0. The van der Waals surface area contributed by atoms with Crippen molar-refractivity contribution in [3.63, 3.8) is 0 Å². The predicted molar refractivity (Wildman–Crippen MR) is 112 cm³/mol. The molecular formula is C25H34F6O3. The fourth-order valence-corrected chi connectivity index (χ4v) is 8.27. The van der Waals surface area contributed by atoms with Crippen molar-refractivity contribution in [2.45, 2.75) is 95.7 Å². The summed E-state index contributed by atoms with van der Waals surface area (Å²) < 4.78 is 78.0. The molecule has 3 nitrogen and oxygen atoms in total. The second-order valence-electron chi connectivity index (χ2n) is 11.8. The summed E-state index contributed by atoms with van der Waals surface area (Å²) in [5, 5.41) is 19.5. The number of alkyl halides is 6. The van der Waals surface area contributed by atoms with Gasteiger partial charge in [-0.3, -0.25) is 4.79 Å². The molecule has 8 atom stereocenters. The van der Waals surface area contributed by atoms with Gasteiger partial charge in [0.2, 0.25) is 0 Å². The van der Waals surface area contributed by atoms with Gasteiger partial charge < -0.3 is 10.2 Å².